The number of aromatic nitrogens is 3. The topological polar surface area (TPSA) is 43.9 Å². The zero-order valence-corrected chi connectivity index (χ0v) is 30.2. The Morgan fingerprint density at radius 1 is 0.491 bits per heavy atom. The highest BCUT2D eigenvalue weighted by atomic mass is 32.1. The van der Waals surface area contributed by atoms with Gasteiger partial charge in [-0.05, 0) is 93.7 Å². The smallest absolute Gasteiger partial charge is 0.143 e. The lowest BCUT2D eigenvalue weighted by molar-refractivity contribution is 0.669. The molecule has 4 aromatic heterocycles. The van der Waals surface area contributed by atoms with Gasteiger partial charge in [0.1, 0.15) is 21.5 Å². The molecule has 0 bridgehead atoms. The van der Waals surface area contributed by atoms with Gasteiger partial charge in [-0.3, -0.25) is 4.98 Å². The van der Waals surface area contributed by atoms with Crippen LogP contribution in [0.3, 0.4) is 0 Å². The van der Waals surface area contributed by atoms with E-state index in [4.69, 9.17) is 14.4 Å². The number of benzene rings is 8. The molecule has 55 heavy (non-hydrogen) atoms. The molecule has 5 heteroatoms. The summed E-state index contributed by atoms with van der Waals surface area (Å²) in [6, 6.07) is 60.6. The van der Waals surface area contributed by atoms with Crippen LogP contribution in [0.2, 0.25) is 0 Å². The minimum absolute atomic E-state index is 0.839. The summed E-state index contributed by atoms with van der Waals surface area (Å²) >= 11 is 1.70. The van der Waals surface area contributed by atoms with E-state index in [0.29, 0.717) is 0 Å². The molecule has 0 aliphatic rings. The Labute approximate surface area is 319 Å². The first-order chi connectivity index (χ1) is 27.2. The van der Waals surface area contributed by atoms with Crippen LogP contribution in [0.25, 0.3) is 114 Å². The maximum Gasteiger partial charge on any atom is 0.143 e. The van der Waals surface area contributed by atoms with Crippen LogP contribution in [0, 0.1) is 0 Å². The van der Waals surface area contributed by atoms with Gasteiger partial charge in [0.25, 0.3) is 0 Å². The lowest BCUT2D eigenvalue weighted by Gasteiger charge is -2.09. The quantitative estimate of drug-likeness (QED) is 0.182. The average Bonchev–Trinajstić information content (AvgIpc) is 3.93. The van der Waals surface area contributed by atoms with Crippen LogP contribution in [0.4, 0.5) is 0 Å². The minimum atomic E-state index is 0.839. The van der Waals surface area contributed by atoms with Gasteiger partial charge in [-0.1, -0.05) is 109 Å². The van der Waals surface area contributed by atoms with Crippen LogP contribution >= 0.6 is 11.3 Å². The summed E-state index contributed by atoms with van der Waals surface area (Å²) in [6.07, 6.45) is 1.92. The van der Waals surface area contributed by atoms with Crippen molar-refractivity contribution < 1.29 is 4.42 Å². The number of rotatable bonds is 4. The monoisotopic (exact) mass is 719 g/mol. The zero-order chi connectivity index (χ0) is 36.0. The number of para-hydroxylation sites is 2. The number of fused-ring (bicyclic) bond motifs is 11. The summed E-state index contributed by atoms with van der Waals surface area (Å²) in [5.41, 5.74) is 12.7. The minimum Gasteiger partial charge on any atom is -0.456 e. The first-order valence-electron chi connectivity index (χ1n) is 18.5. The van der Waals surface area contributed by atoms with Crippen LogP contribution in [0.15, 0.2) is 180 Å². The Kier molecular flexibility index (Phi) is 6.47. The number of hydrogen-bond acceptors (Lipinski definition) is 4. The van der Waals surface area contributed by atoms with E-state index in [1.807, 2.05) is 18.3 Å². The molecule has 0 atom stereocenters. The summed E-state index contributed by atoms with van der Waals surface area (Å²) in [6.45, 7) is 0. The maximum absolute atomic E-state index is 6.44. The highest BCUT2D eigenvalue weighted by Gasteiger charge is 2.18. The first-order valence-corrected chi connectivity index (χ1v) is 19.3. The van der Waals surface area contributed by atoms with Crippen molar-refractivity contribution in [3.63, 3.8) is 0 Å². The van der Waals surface area contributed by atoms with Gasteiger partial charge < -0.3 is 8.98 Å². The van der Waals surface area contributed by atoms with Crippen molar-refractivity contribution in [3.05, 3.63) is 176 Å². The van der Waals surface area contributed by atoms with Gasteiger partial charge in [0.15, 0.2) is 0 Å². The molecule has 0 saturated heterocycles. The molecule has 0 saturated carbocycles. The van der Waals surface area contributed by atoms with Crippen molar-refractivity contribution in [2.45, 2.75) is 0 Å². The molecule has 12 aromatic rings. The van der Waals surface area contributed by atoms with Crippen LogP contribution in [0.5, 0.6) is 0 Å². The standard InChI is InChI=1S/C50H29N3OS/c1-2-13-35(14-3-1)53-42-18-7-6-16-37(42)39-27-33(20-23-43(39)53)31-11-8-12-32(26-31)34-21-24-44-40(28-34)47-38(17-9-19-45(47)54-44)41-29-51-49-48-36-15-5-4-10-30(36)22-25-46(48)55-50(49)52-41/h1-29H. The van der Waals surface area contributed by atoms with Crippen molar-refractivity contribution in [3.8, 4) is 39.2 Å². The molecule has 12 rings (SSSR count). The lowest BCUT2D eigenvalue weighted by atomic mass is 9.96. The molecule has 0 spiro atoms. The largest absolute Gasteiger partial charge is 0.456 e. The van der Waals surface area contributed by atoms with Gasteiger partial charge in [0.2, 0.25) is 0 Å². The molecular formula is C50H29N3OS. The third-order valence-corrected chi connectivity index (χ3v) is 12.1. The molecule has 0 radical (unpaired) electrons. The Morgan fingerprint density at radius 3 is 2.11 bits per heavy atom. The van der Waals surface area contributed by atoms with Crippen LogP contribution < -0.4 is 0 Å². The normalized spacial score (nSPS) is 12.0. The van der Waals surface area contributed by atoms with Gasteiger partial charge in [0, 0.05) is 42.9 Å². The molecule has 4 heterocycles. The Bertz CT molecular complexity index is 3500. The van der Waals surface area contributed by atoms with E-state index < -0.39 is 0 Å². The fourth-order valence-electron chi connectivity index (χ4n) is 8.54. The van der Waals surface area contributed by atoms with Gasteiger partial charge in [0.05, 0.1) is 22.9 Å². The molecule has 256 valence electrons. The molecule has 0 amide bonds. The predicted octanol–water partition coefficient (Wildman–Crippen LogP) is 14.0. The summed E-state index contributed by atoms with van der Waals surface area (Å²) < 4.78 is 10.0. The predicted molar refractivity (Wildman–Crippen MR) is 230 cm³/mol. The van der Waals surface area contributed by atoms with Crippen LogP contribution in [0.1, 0.15) is 0 Å². The molecule has 4 nitrogen and oxygen atoms in total. The van der Waals surface area contributed by atoms with E-state index >= 15 is 0 Å². The summed E-state index contributed by atoms with van der Waals surface area (Å²) in [5, 5.41) is 8.20. The van der Waals surface area contributed by atoms with Gasteiger partial charge >= 0.3 is 0 Å². The second-order valence-electron chi connectivity index (χ2n) is 14.2. The van der Waals surface area contributed by atoms with E-state index in [1.165, 1.54) is 53.8 Å². The van der Waals surface area contributed by atoms with Crippen molar-refractivity contribution in [2.24, 2.45) is 0 Å². The van der Waals surface area contributed by atoms with E-state index in [1.54, 1.807) is 11.3 Å². The lowest BCUT2D eigenvalue weighted by Crippen LogP contribution is -1.92. The van der Waals surface area contributed by atoms with Crippen molar-refractivity contribution in [1.82, 2.24) is 14.5 Å². The highest BCUT2D eigenvalue weighted by molar-refractivity contribution is 7.25. The fourth-order valence-corrected chi connectivity index (χ4v) is 9.58. The Hall–Kier alpha value is -7.08. The summed E-state index contributed by atoms with van der Waals surface area (Å²) in [5.74, 6) is 0. The molecule has 0 aliphatic carbocycles. The van der Waals surface area contributed by atoms with Gasteiger partial charge in [-0.25, -0.2) is 4.98 Å². The molecule has 0 unspecified atom stereocenters. The Balaban J connectivity index is 0.969. The first kappa shape index (κ1) is 30.4. The van der Waals surface area contributed by atoms with E-state index in [-0.39, 0.29) is 0 Å². The number of nitrogens with zero attached hydrogens (tertiary/aromatic N) is 3. The van der Waals surface area contributed by atoms with Crippen molar-refractivity contribution in [2.75, 3.05) is 0 Å². The van der Waals surface area contributed by atoms with E-state index in [9.17, 15) is 0 Å². The maximum atomic E-state index is 6.44. The fraction of sp³-hybridized carbons (Fsp3) is 0. The number of furan rings is 1. The van der Waals surface area contributed by atoms with Crippen LogP contribution in [-0.2, 0) is 0 Å². The second-order valence-corrected chi connectivity index (χ2v) is 15.2. The zero-order valence-electron chi connectivity index (χ0n) is 29.4. The third kappa shape index (κ3) is 4.64. The van der Waals surface area contributed by atoms with E-state index in [2.05, 4.69) is 162 Å². The average molecular weight is 720 g/mol. The summed E-state index contributed by atoms with van der Waals surface area (Å²) in [7, 11) is 0. The summed E-state index contributed by atoms with van der Waals surface area (Å²) in [4.78, 5) is 11.2. The second kappa shape index (κ2) is 11.7. The van der Waals surface area contributed by atoms with Crippen molar-refractivity contribution >= 4 is 86.3 Å². The van der Waals surface area contributed by atoms with Gasteiger partial charge in [-0.15, -0.1) is 11.3 Å². The van der Waals surface area contributed by atoms with Crippen molar-refractivity contribution in [1.29, 1.82) is 0 Å². The number of thiophene rings is 1. The SMILES string of the molecule is c1ccc(-n2c3ccccc3c3cc(-c4cccc(-c5ccc6oc7cccc(-c8cnc9c(n8)sc8ccc%10ccccc%10c89)c7c6c5)c4)ccc32)cc1. The number of hydrogen-bond donors (Lipinski definition) is 0. The molecule has 0 aliphatic heterocycles. The third-order valence-electron chi connectivity index (χ3n) is 11.1. The van der Waals surface area contributed by atoms with E-state index in [0.717, 1.165) is 60.4 Å². The molecular weight excluding hydrogens is 691 g/mol. The van der Waals surface area contributed by atoms with Crippen LogP contribution in [-0.4, -0.2) is 14.5 Å². The molecule has 0 fully saturated rings. The van der Waals surface area contributed by atoms with Gasteiger partial charge in [-0.2, -0.15) is 0 Å². The molecule has 0 N–H and O–H groups in total. The molecule has 8 aromatic carbocycles. The Morgan fingerprint density at radius 2 is 1.22 bits per heavy atom. The highest BCUT2D eigenvalue weighted by Crippen LogP contribution is 2.42.